The molecule has 0 bridgehead atoms. The maximum Gasteiger partial charge on any atom is 0.261 e. The second kappa shape index (κ2) is 9.62. The van der Waals surface area contributed by atoms with Crippen LogP contribution in [-0.2, 0) is 16.1 Å². The molecule has 0 radical (unpaired) electrons. The highest BCUT2D eigenvalue weighted by Gasteiger charge is 2.25. The lowest BCUT2D eigenvalue weighted by atomic mass is 10.1. The zero-order chi connectivity index (χ0) is 20.0. The van der Waals surface area contributed by atoms with Crippen LogP contribution in [0.4, 0.5) is 0 Å². The average molecular weight is 409 g/mol. The van der Waals surface area contributed by atoms with Gasteiger partial charge in [0.2, 0.25) is 5.91 Å². The minimum absolute atomic E-state index is 0.185. The molecule has 0 unspecified atom stereocenters. The van der Waals surface area contributed by atoms with Crippen LogP contribution in [0.3, 0.4) is 0 Å². The summed E-state index contributed by atoms with van der Waals surface area (Å²) in [6, 6.07) is 11.7. The van der Waals surface area contributed by atoms with Crippen molar-refractivity contribution in [3.8, 4) is 5.75 Å². The molecule has 0 aliphatic heterocycles. The van der Waals surface area contributed by atoms with Crippen molar-refractivity contribution in [2.45, 2.75) is 26.4 Å². The van der Waals surface area contributed by atoms with Crippen molar-refractivity contribution in [2.24, 2.45) is 0 Å². The molecule has 0 aromatic heterocycles. The maximum atomic E-state index is 12.8. The summed E-state index contributed by atoms with van der Waals surface area (Å²) in [6.07, 6.45) is 0. The van der Waals surface area contributed by atoms with Crippen LogP contribution in [0.15, 0.2) is 42.5 Å². The zero-order valence-electron chi connectivity index (χ0n) is 15.5. The predicted octanol–water partition coefficient (Wildman–Crippen LogP) is 3.84. The summed E-state index contributed by atoms with van der Waals surface area (Å²) in [5.74, 6) is -0.00223. The van der Waals surface area contributed by atoms with Gasteiger partial charge in [0.1, 0.15) is 11.8 Å². The number of rotatable bonds is 7. The monoisotopic (exact) mass is 408 g/mol. The quantitative estimate of drug-likeness (QED) is 0.756. The van der Waals surface area contributed by atoms with Gasteiger partial charge in [-0.2, -0.15) is 0 Å². The number of benzene rings is 2. The van der Waals surface area contributed by atoms with Crippen molar-refractivity contribution in [1.29, 1.82) is 0 Å². The topological polar surface area (TPSA) is 58.6 Å². The minimum atomic E-state index is -0.645. The summed E-state index contributed by atoms with van der Waals surface area (Å²) < 4.78 is 5.60. The van der Waals surface area contributed by atoms with Crippen LogP contribution >= 0.6 is 23.2 Å². The van der Waals surface area contributed by atoms with E-state index in [1.165, 1.54) is 11.9 Å². The number of ether oxygens (including phenoxy) is 1. The second-order valence-electron chi connectivity index (χ2n) is 6.14. The number of halogens is 2. The average Bonchev–Trinajstić information content (AvgIpc) is 2.67. The van der Waals surface area contributed by atoms with Crippen LogP contribution in [0.5, 0.6) is 5.75 Å². The maximum absolute atomic E-state index is 12.8. The van der Waals surface area contributed by atoms with Crippen molar-refractivity contribution in [3.05, 3.63) is 63.6 Å². The van der Waals surface area contributed by atoms with Gasteiger partial charge in [-0.05, 0) is 55.3 Å². The van der Waals surface area contributed by atoms with Gasteiger partial charge in [0.15, 0.2) is 6.61 Å². The Morgan fingerprint density at radius 3 is 2.41 bits per heavy atom. The molecule has 1 N–H and O–H groups in total. The van der Waals surface area contributed by atoms with Crippen LogP contribution < -0.4 is 10.1 Å². The third kappa shape index (κ3) is 5.88. The molecule has 2 aromatic carbocycles. The molecule has 2 amide bonds. The number of hydrogen-bond acceptors (Lipinski definition) is 3. The Kier molecular flexibility index (Phi) is 7.51. The minimum Gasteiger partial charge on any atom is -0.484 e. The molecule has 1 atom stereocenters. The molecular weight excluding hydrogens is 387 g/mol. The first-order valence-electron chi connectivity index (χ1n) is 8.46. The largest absolute Gasteiger partial charge is 0.484 e. The van der Waals surface area contributed by atoms with E-state index in [9.17, 15) is 9.59 Å². The van der Waals surface area contributed by atoms with Gasteiger partial charge in [-0.3, -0.25) is 9.59 Å². The number of likely N-dealkylation sites (N-methyl/N-ethyl adjacent to an activating group) is 1. The molecule has 0 aliphatic rings. The lowest BCUT2D eigenvalue weighted by molar-refractivity contribution is -0.142. The molecule has 27 heavy (non-hydrogen) atoms. The van der Waals surface area contributed by atoms with E-state index in [4.69, 9.17) is 27.9 Å². The summed E-state index contributed by atoms with van der Waals surface area (Å²) in [4.78, 5) is 26.3. The van der Waals surface area contributed by atoms with E-state index in [-0.39, 0.29) is 25.0 Å². The number of carbonyl (C=O) groups is 2. The predicted molar refractivity (Wildman–Crippen MR) is 107 cm³/mol. The van der Waals surface area contributed by atoms with Gasteiger partial charge in [0.05, 0.1) is 0 Å². The number of hydrogen-bond donors (Lipinski definition) is 1. The summed E-state index contributed by atoms with van der Waals surface area (Å²) in [7, 11) is 1.54. The molecule has 0 saturated carbocycles. The van der Waals surface area contributed by atoms with Crippen LogP contribution in [0.25, 0.3) is 0 Å². The summed E-state index contributed by atoms with van der Waals surface area (Å²) in [5, 5.41) is 3.81. The van der Waals surface area contributed by atoms with Crippen LogP contribution in [0, 0.1) is 6.92 Å². The fraction of sp³-hybridized carbons (Fsp3) is 0.300. The van der Waals surface area contributed by atoms with Crippen molar-refractivity contribution in [1.82, 2.24) is 10.2 Å². The van der Waals surface area contributed by atoms with E-state index in [0.717, 1.165) is 11.1 Å². The van der Waals surface area contributed by atoms with Gasteiger partial charge in [-0.15, -0.1) is 0 Å². The Morgan fingerprint density at radius 2 is 1.81 bits per heavy atom. The zero-order valence-corrected chi connectivity index (χ0v) is 17.0. The lowest BCUT2D eigenvalue weighted by Crippen LogP contribution is -2.48. The molecule has 5 nitrogen and oxygen atoms in total. The Bertz CT molecular complexity index is 809. The van der Waals surface area contributed by atoms with Crippen LogP contribution in [0.1, 0.15) is 18.1 Å². The Hall–Kier alpha value is -2.24. The first-order valence-corrected chi connectivity index (χ1v) is 9.22. The summed E-state index contributed by atoms with van der Waals surface area (Å²) >= 11 is 11.9. The lowest BCUT2D eigenvalue weighted by Gasteiger charge is -2.28. The number of aryl methyl sites for hydroxylation is 1. The molecule has 144 valence electrons. The number of nitrogens with one attached hydrogen (secondary N) is 1. The molecule has 0 aliphatic carbocycles. The number of nitrogens with zero attached hydrogens (tertiary/aromatic N) is 1. The van der Waals surface area contributed by atoms with E-state index in [1.807, 2.05) is 19.1 Å². The number of amides is 2. The SMILES string of the molecule is CNC(=O)[C@H](C)N(Cc1ccc(Cl)cc1)C(=O)COc1ccc(Cl)c(C)c1. The molecule has 0 heterocycles. The molecular formula is C20H22Cl2N2O3. The van der Waals surface area contributed by atoms with Gasteiger partial charge in [-0.25, -0.2) is 0 Å². The third-order valence-electron chi connectivity index (χ3n) is 4.17. The van der Waals surface area contributed by atoms with Gasteiger partial charge in [0, 0.05) is 23.6 Å². The van der Waals surface area contributed by atoms with E-state index >= 15 is 0 Å². The van der Waals surface area contributed by atoms with E-state index < -0.39 is 6.04 Å². The van der Waals surface area contributed by atoms with E-state index in [0.29, 0.717) is 15.8 Å². The van der Waals surface area contributed by atoms with Gasteiger partial charge >= 0.3 is 0 Å². The smallest absolute Gasteiger partial charge is 0.261 e. The third-order valence-corrected chi connectivity index (χ3v) is 4.85. The highest BCUT2D eigenvalue weighted by atomic mass is 35.5. The van der Waals surface area contributed by atoms with Crippen molar-refractivity contribution in [3.63, 3.8) is 0 Å². The summed E-state index contributed by atoms with van der Waals surface area (Å²) in [5.41, 5.74) is 1.73. The molecule has 0 saturated heterocycles. The van der Waals surface area contributed by atoms with Gasteiger partial charge in [-0.1, -0.05) is 35.3 Å². The van der Waals surface area contributed by atoms with Gasteiger partial charge in [0.25, 0.3) is 5.91 Å². The molecule has 2 rings (SSSR count). The van der Waals surface area contributed by atoms with Crippen molar-refractivity contribution in [2.75, 3.05) is 13.7 Å². The fourth-order valence-corrected chi connectivity index (χ4v) is 2.76. The van der Waals surface area contributed by atoms with Gasteiger partial charge < -0.3 is 15.0 Å². The molecule has 0 spiro atoms. The standard InChI is InChI=1S/C20H22Cl2N2O3/c1-13-10-17(8-9-18(13)22)27-12-19(25)24(14(2)20(26)23-3)11-15-4-6-16(21)7-5-15/h4-10,14H,11-12H2,1-3H3,(H,23,26)/t14-/m0/s1. The Balaban J connectivity index is 2.12. The van der Waals surface area contributed by atoms with Crippen LogP contribution in [0.2, 0.25) is 10.0 Å². The van der Waals surface area contributed by atoms with E-state index in [2.05, 4.69) is 5.32 Å². The second-order valence-corrected chi connectivity index (χ2v) is 6.98. The Labute approximate surface area is 169 Å². The first-order chi connectivity index (χ1) is 12.8. The Morgan fingerprint density at radius 1 is 1.15 bits per heavy atom. The normalized spacial score (nSPS) is 11.6. The fourth-order valence-electron chi connectivity index (χ4n) is 2.51. The first kappa shape index (κ1) is 21.1. The molecule has 7 heteroatoms. The van der Waals surface area contributed by atoms with Crippen molar-refractivity contribution >= 4 is 35.0 Å². The molecule has 0 fully saturated rings. The number of carbonyl (C=O) groups excluding carboxylic acids is 2. The van der Waals surface area contributed by atoms with Crippen LogP contribution in [-0.4, -0.2) is 36.4 Å². The summed E-state index contributed by atoms with van der Waals surface area (Å²) in [6.45, 7) is 3.63. The highest BCUT2D eigenvalue weighted by Crippen LogP contribution is 2.21. The van der Waals surface area contributed by atoms with E-state index in [1.54, 1.807) is 37.3 Å². The highest BCUT2D eigenvalue weighted by molar-refractivity contribution is 6.31. The van der Waals surface area contributed by atoms with Crippen molar-refractivity contribution < 1.29 is 14.3 Å². The molecule has 2 aromatic rings.